The van der Waals surface area contributed by atoms with Gasteiger partial charge in [0.05, 0.1) is 12.7 Å². The molecule has 1 aliphatic heterocycles. The second-order valence-corrected chi connectivity index (χ2v) is 4.02. The van der Waals surface area contributed by atoms with Gasteiger partial charge in [-0.15, -0.1) is 0 Å². The summed E-state index contributed by atoms with van der Waals surface area (Å²) in [5.41, 5.74) is 1.25. The third-order valence-electron chi connectivity index (χ3n) is 2.83. The van der Waals surface area contributed by atoms with Gasteiger partial charge in [0.1, 0.15) is 0 Å². The Balaban J connectivity index is 1.97. The van der Waals surface area contributed by atoms with Gasteiger partial charge in [-0.2, -0.15) is 5.10 Å². The molecule has 1 atom stereocenters. The van der Waals surface area contributed by atoms with Gasteiger partial charge in [-0.05, 0) is 38.9 Å². The maximum Gasteiger partial charge on any atom is 0.0564 e. The number of aryl methyl sites for hydroxylation is 1. The standard InChI is InChI=1S/C10H17N3/c1-9-6-11-13(7-9)8-10-4-3-5-12(10)2/h6-7,10H,3-5,8H2,1-2H3. The lowest BCUT2D eigenvalue weighted by Gasteiger charge is -2.18. The molecule has 0 aliphatic carbocycles. The van der Waals surface area contributed by atoms with Gasteiger partial charge in [0.15, 0.2) is 0 Å². The predicted molar refractivity (Wildman–Crippen MR) is 52.6 cm³/mol. The molecular formula is C10H17N3. The van der Waals surface area contributed by atoms with E-state index in [9.17, 15) is 0 Å². The van der Waals surface area contributed by atoms with Crippen molar-refractivity contribution in [1.29, 1.82) is 0 Å². The molecule has 1 aromatic rings. The Labute approximate surface area is 79.3 Å². The van der Waals surface area contributed by atoms with E-state index in [1.165, 1.54) is 24.9 Å². The third kappa shape index (κ3) is 1.91. The first-order chi connectivity index (χ1) is 6.25. The molecule has 1 saturated heterocycles. The normalized spacial score (nSPS) is 24.0. The second-order valence-electron chi connectivity index (χ2n) is 4.02. The molecule has 0 amide bonds. The maximum absolute atomic E-state index is 4.30. The molecule has 2 heterocycles. The van der Waals surface area contributed by atoms with Gasteiger partial charge in [-0.1, -0.05) is 0 Å². The molecule has 1 aliphatic rings. The first-order valence-corrected chi connectivity index (χ1v) is 4.95. The Morgan fingerprint density at radius 3 is 3.00 bits per heavy atom. The predicted octanol–water partition coefficient (Wildman–Crippen LogP) is 1.29. The van der Waals surface area contributed by atoms with Crippen molar-refractivity contribution in [2.75, 3.05) is 13.6 Å². The maximum atomic E-state index is 4.30. The van der Waals surface area contributed by atoms with Crippen molar-refractivity contribution in [2.45, 2.75) is 32.4 Å². The third-order valence-corrected chi connectivity index (χ3v) is 2.83. The Kier molecular flexibility index (Phi) is 2.36. The summed E-state index contributed by atoms with van der Waals surface area (Å²) in [6, 6.07) is 0.694. The van der Waals surface area contributed by atoms with Crippen molar-refractivity contribution >= 4 is 0 Å². The Bertz CT molecular complexity index is 279. The van der Waals surface area contributed by atoms with Gasteiger partial charge in [0.2, 0.25) is 0 Å². The fourth-order valence-corrected chi connectivity index (χ4v) is 1.99. The fourth-order valence-electron chi connectivity index (χ4n) is 1.99. The first-order valence-electron chi connectivity index (χ1n) is 4.95. The summed E-state index contributed by atoms with van der Waals surface area (Å²) in [7, 11) is 2.20. The van der Waals surface area contributed by atoms with Gasteiger partial charge >= 0.3 is 0 Å². The van der Waals surface area contributed by atoms with Crippen LogP contribution in [0, 0.1) is 6.92 Å². The van der Waals surface area contributed by atoms with Crippen molar-refractivity contribution in [1.82, 2.24) is 14.7 Å². The number of aromatic nitrogens is 2. The minimum atomic E-state index is 0.694. The number of rotatable bonds is 2. The molecule has 0 aromatic carbocycles. The van der Waals surface area contributed by atoms with Crippen LogP contribution in [0.5, 0.6) is 0 Å². The van der Waals surface area contributed by atoms with Crippen LogP contribution in [0.2, 0.25) is 0 Å². The van der Waals surface area contributed by atoms with E-state index in [-0.39, 0.29) is 0 Å². The molecule has 0 bridgehead atoms. The van der Waals surface area contributed by atoms with Gasteiger partial charge in [-0.3, -0.25) is 4.68 Å². The summed E-state index contributed by atoms with van der Waals surface area (Å²) in [4.78, 5) is 2.43. The van der Waals surface area contributed by atoms with E-state index in [1.54, 1.807) is 0 Å². The van der Waals surface area contributed by atoms with E-state index in [1.807, 2.05) is 6.20 Å². The van der Waals surface area contributed by atoms with E-state index in [0.717, 1.165) is 6.54 Å². The SMILES string of the molecule is Cc1cnn(CC2CCCN2C)c1. The number of nitrogens with zero attached hydrogens (tertiary/aromatic N) is 3. The molecule has 72 valence electrons. The van der Waals surface area contributed by atoms with Crippen molar-refractivity contribution < 1.29 is 0 Å². The molecule has 13 heavy (non-hydrogen) atoms. The molecular weight excluding hydrogens is 162 g/mol. The Hall–Kier alpha value is -0.830. The zero-order chi connectivity index (χ0) is 9.26. The topological polar surface area (TPSA) is 21.1 Å². The van der Waals surface area contributed by atoms with Crippen molar-refractivity contribution in [3.63, 3.8) is 0 Å². The van der Waals surface area contributed by atoms with E-state index >= 15 is 0 Å². The van der Waals surface area contributed by atoms with Gasteiger partial charge in [0, 0.05) is 12.2 Å². The summed E-state index contributed by atoms with van der Waals surface area (Å²) in [6.45, 7) is 4.37. The average molecular weight is 179 g/mol. The van der Waals surface area contributed by atoms with Crippen LogP contribution in [0.1, 0.15) is 18.4 Å². The quantitative estimate of drug-likeness (QED) is 0.682. The number of hydrogen-bond donors (Lipinski definition) is 0. The Morgan fingerprint density at radius 2 is 2.46 bits per heavy atom. The van der Waals surface area contributed by atoms with Crippen LogP contribution < -0.4 is 0 Å². The number of likely N-dealkylation sites (N-methyl/N-ethyl adjacent to an activating group) is 1. The zero-order valence-electron chi connectivity index (χ0n) is 8.40. The number of hydrogen-bond acceptors (Lipinski definition) is 2. The van der Waals surface area contributed by atoms with Gasteiger partial charge in [-0.25, -0.2) is 0 Å². The van der Waals surface area contributed by atoms with Crippen LogP contribution in [0.15, 0.2) is 12.4 Å². The molecule has 2 rings (SSSR count). The largest absolute Gasteiger partial charge is 0.302 e. The minimum Gasteiger partial charge on any atom is -0.302 e. The fraction of sp³-hybridized carbons (Fsp3) is 0.700. The lowest BCUT2D eigenvalue weighted by Crippen LogP contribution is -2.29. The summed E-state index contributed by atoms with van der Waals surface area (Å²) in [5, 5.41) is 4.30. The minimum absolute atomic E-state index is 0.694. The van der Waals surface area contributed by atoms with Crippen molar-refractivity contribution in [2.24, 2.45) is 0 Å². The highest BCUT2D eigenvalue weighted by Crippen LogP contribution is 2.16. The summed E-state index contributed by atoms with van der Waals surface area (Å²) in [5.74, 6) is 0. The van der Waals surface area contributed by atoms with Gasteiger partial charge < -0.3 is 4.90 Å². The van der Waals surface area contributed by atoms with Crippen LogP contribution in [0.25, 0.3) is 0 Å². The molecule has 1 aromatic heterocycles. The van der Waals surface area contributed by atoms with Crippen LogP contribution in [0.4, 0.5) is 0 Å². The molecule has 0 saturated carbocycles. The smallest absolute Gasteiger partial charge is 0.0564 e. The van der Waals surface area contributed by atoms with E-state index < -0.39 is 0 Å². The van der Waals surface area contributed by atoms with E-state index in [4.69, 9.17) is 0 Å². The van der Waals surface area contributed by atoms with Crippen LogP contribution in [-0.2, 0) is 6.54 Å². The molecule has 3 heteroatoms. The average Bonchev–Trinajstić information content (AvgIpc) is 2.64. The van der Waals surface area contributed by atoms with E-state index in [2.05, 4.69) is 34.8 Å². The van der Waals surface area contributed by atoms with Crippen LogP contribution in [0.3, 0.4) is 0 Å². The lowest BCUT2D eigenvalue weighted by atomic mass is 10.2. The lowest BCUT2D eigenvalue weighted by molar-refractivity contribution is 0.274. The second kappa shape index (κ2) is 3.50. The number of likely N-dealkylation sites (tertiary alicyclic amines) is 1. The molecule has 0 N–H and O–H groups in total. The highest BCUT2D eigenvalue weighted by Gasteiger charge is 2.20. The highest BCUT2D eigenvalue weighted by atomic mass is 15.3. The monoisotopic (exact) mass is 179 g/mol. The first kappa shape index (κ1) is 8.75. The molecule has 1 unspecified atom stereocenters. The summed E-state index contributed by atoms with van der Waals surface area (Å²) in [6.07, 6.45) is 6.69. The summed E-state index contributed by atoms with van der Waals surface area (Å²) >= 11 is 0. The highest BCUT2D eigenvalue weighted by molar-refractivity contribution is 4.99. The van der Waals surface area contributed by atoms with Crippen molar-refractivity contribution in [3.8, 4) is 0 Å². The molecule has 3 nitrogen and oxygen atoms in total. The molecule has 1 fully saturated rings. The van der Waals surface area contributed by atoms with Gasteiger partial charge in [0.25, 0.3) is 0 Å². The van der Waals surface area contributed by atoms with Crippen molar-refractivity contribution in [3.05, 3.63) is 18.0 Å². The van der Waals surface area contributed by atoms with Crippen LogP contribution >= 0.6 is 0 Å². The zero-order valence-corrected chi connectivity index (χ0v) is 8.40. The molecule has 0 radical (unpaired) electrons. The summed E-state index contributed by atoms with van der Waals surface area (Å²) < 4.78 is 2.06. The van der Waals surface area contributed by atoms with E-state index in [0.29, 0.717) is 6.04 Å². The van der Waals surface area contributed by atoms with Crippen LogP contribution in [-0.4, -0.2) is 34.3 Å². The Morgan fingerprint density at radius 1 is 1.62 bits per heavy atom. The molecule has 0 spiro atoms.